The second kappa shape index (κ2) is 6.96. The number of hydrogen-bond donors (Lipinski definition) is 1. The van der Waals surface area contributed by atoms with E-state index in [1.165, 1.54) is 0 Å². The third-order valence-electron chi connectivity index (χ3n) is 4.73. The highest BCUT2D eigenvalue weighted by Crippen LogP contribution is 2.28. The summed E-state index contributed by atoms with van der Waals surface area (Å²) in [6, 6.07) is 11.5. The molecular weight excluding hydrogens is 292 g/mol. The van der Waals surface area contributed by atoms with E-state index < -0.39 is 0 Å². The Morgan fingerprint density at radius 3 is 2.61 bits per heavy atom. The highest BCUT2D eigenvalue weighted by molar-refractivity contribution is 5.93. The lowest BCUT2D eigenvalue weighted by atomic mass is 9.86. The van der Waals surface area contributed by atoms with Gasteiger partial charge in [0.1, 0.15) is 0 Å². The summed E-state index contributed by atoms with van der Waals surface area (Å²) in [5.74, 6) is 0.876. The zero-order valence-electron chi connectivity index (χ0n) is 13.3. The number of amides is 1. The quantitative estimate of drug-likeness (QED) is 0.942. The molecule has 0 saturated heterocycles. The van der Waals surface area contributed by atoms with Crippen LogP contribution in [0.2, 0.25) is 0 Å². The lowest BCUT2D eigenvalue weighted by Gasteiger charge is -2.33. The molecule has 23 heavy (non-hydrogen) atoms. The maximum atomic E-state index is 12.6. The highest BCUT2D eigenvalue weighted by Gasteiger charge is 2.28. The molecule has 5 heteroatoms. The monoisotopic (exact) mass is 314 g/mol. The zero-order chi connectivity index (χ0) is 16.2. The fourth-order valence-corrected chi connectivity index (χ4v) is 3.18. The molecule has 1 amide bonds. The number of nitrogens with zero attached hydrogens (tertiary/aromatic N) is 2. The van der Waals surface area contributed by atoms with Crippen LogP contribution in [-0.4, -0.2) is 40.8 Å². The van der Waals surface area contributed by atoms with Crippen LogP contribution in [0.5, 0.6) is 0 Å². The first-order chi connectivity index (χ1) is 11.2. The summed E-state index contributed by atoms with van der Waals surface area (Å²) in [7, 11) is 1.82. The molecule has 1 aromatic carbocycles. The van der Waals surface area contributed by atoms with E-state index in [9.17, 15) is 9.90 Å². The van der Waals surface area contributed by atoms with Crippen LogP contribution in [0.15, 0.2) is 40.9 Å². The molecule has 122 valence electrons. The van der Waals surface area contributed by atoms with Gasteiger partial charge in [-0.25, -0.2) is 0 Å². The molecule has 0 unspecified atom stereocenters. The molecule has 1 aromatic heterocycles. The van der Waals surface area contributed by atoms with Crippen molar-refractivity contribution < 1.29 is 14.4 Å². The van der Waals surface area contributed by atoms with Crippen molar-refractivity contribution in [1.29, 1.82) is 0 Å². The van der Waals surface area contributed by atoms with E-state index in [0.717, 1.165) is 31.2 Å². The lowest BCUT2D eigenvalue weighted by molar-refractivity contribution is 0.0643. The van der Waals surface area contributed by atoms with Gasteiger partial charge in [-0.2, -0.15) is 0 Å². The number of aliphatic hydroxyl groups excluding tert-OH is 1. The third-order valence-corrected chi connectivity index (χ3v) is 4.73. The van der Waals surface area contributed by atoms with Crippen LogP contribution in [0.25, 0.3) is 11.3 Å². The second-order valence-electron chi connectivity index (χ2n) is 6.22. The van der Waals surface area contributed by atoms with Crippen molar-refractivity contribution in [3.8, 4) is 11.3 Å². The molecule has 1 N–H and O–H groups in total. The molecule has 1 heterocycles. The van der Waals surface area contributed by atoms with E-state index in [1.807, 2.05) is 37.4 Å². The average molecular weight is 314 g/mol. The predicted molar refractivity (Wildman–Crippen MR) is 86.9 cm³/mol. The predicted octanol–water partition coefficient (Wildman–Crippen LogP) is 2.96. The first-order valence-corrected chi connectivity index (χ1v) is 8.09. The van der Waals surface area contributed by atoms with Gasteiger partial charge in [-0.05, 0) is 31.6 Å². The lowest BCUT2D eigenvalue weighted by Crippen LogP contribution is -2.40. The number of rotatable bonds is 4. The smallest absolute Gasteiger partial charge is 0.276 e. The number of aromatic nitrogens is 1. The molecule has 0 spiro atoms. The minimum Gasteiger partial charge on any atom is -0.396 e. The summed E-state index contributed by atoms with van der Waals surface area (Å²) < 4.78 is 5.31. The van der Waals surface area contributed by atoms with Crippen molar-refractivity contribution in [2.75, 3.05) is 13.7 Å². The topological polar surface area (TPSA) is 66.6 Å². The van der Waals surface area contributed by atoms with E-state index in [2.05, 4.69) is 5.16 Å². The van der Waals surface area contributed by atoms with Gasteiger partial charge >= 0.3 is 0 Å². The number of carbonyl (C=O) groups excluding carboxylic acids is 1. The molecule has 0 atom stereocenters. The van der Waals surface area contributed by atoms with Gasteiger partial charge in [-0.15, -0.1) is 0 Å². The fraction of sp³-hybridized carbons (Fsp3) is 0.444. The summed E-state index contributed by atoms with van der Waals surface area (Å²) in [5.41, 5.74) is 1.25. The van der Waals surface area contributed by atoms with E-state index in [4.69, 9.17) is 4.52 Å². The Morgan fingerprint density at radius 2 is 1.96 bits per heavy atom. The maximum absolute atomic E-state index is 12.6. The van der Waals surface area contributed by atoms with Crippen LogP contribution in [-0.2, 0) is 0 Å². The van der Waals surface area contributed by atoms with Gasteiger partial charge in [-0.3, -0.25) is 4.79 Å². The van der Waals surface area contributed by atoms with Gasteiger partial charge in [0.25, 0.3) is 5.91 Å². The number of aliphatic hydroxyl groups is 1. The Kier molecular flexibility index (Phi) is 4.76. The van der Waals surface area contributed by atoms with Crippen LogP contribution in [0.4, 0.5) is 0 Å². The average Bonchev–Trinajstić information content (AvgIpc) is 3.11. The summed E-state index contributed by atoms with van der Waals surface area (Å²) in [4.78, 5) is 14.4. The number of benzene rings is 1. The standard InChI is InChI=1S/C18H22N2O3/c1-20(15-9-7-13(12-21)8-10-15)18(22)16-11-17(23-19-16)14-5-3-2-4-6-14/h2-6,11,13,15,21H,7-10,12H2,1H3. The van der Waals surface area contributed by atoms with Crippen LogP contribution >= 0.6 is 0 Å². The molecule has 1 aliphatic rings. The molecule has 5 nitrogen and oxygen atoms in total. The van der Waals surface area contributed by atoms with Crippen molar-refractivity contribution in [1.82, 2.24) is 10.1 Å². The van der Waals surface area contributed by atoms with Gasteiger partial charge in [0.15, 0.2) is 11.5 Å². The van der Waals surface area contributed by atoms with Gasteiger partial charge in [0, 0.05) is 31.3 Å². The molecule has 0 radical (unpaired) electrons. The second-order valence-corrected chi connectivity index (χ2v) is 6.22. The van der Waals surface area contributed by atoms with Gasteiger partial charge in [0.05, 0.1) is 0 Å². The Balaban J connectivity index is 1.67. The Bertz CT molecular complexity index is 645. The van der Waals surface area contributed by atoms with E-state index in [0.29, 0.717) is 17.4 Å². The molecule has 0 aliphatic heterocycles. The molecule has 0 bridgehead atoms. The number of hydrogen-bond acceptors (Lipinski definition) is 4. The molecule has 1 saturated carbocycles. The van der Waals surface area contributed by atoms with Crippen LogP contribution in [0, 0.1) is 5.92 Å². The maximum Gasteiger partial charge on any atom is 0.276 e. The Hall–Kier alpha value is -2.14. The van der Waals surface area contributed by atoms with E-state index in [1.54, 1.807) is 11.0 Å². The minimum atomic E-state index is -0.108. The summed E-state index contributed by atoms with van der Waals surface area (Å²) in [6.07, 6.45) is 3.79. The Morgan fingerprint density at radius 1 is 1.26 bits per heavy atom. The van der Waals surface area contributed by atoms with E-state index in [-0.39, 0.29) is 18.6 Å². The van der Waals surface area contributed by atoms with Crippen LogP contribution in [0.1, 0.15) is 36.2 Å². The summed E-state index contributed by atoms with van der Waals surface area (Å²) >= 11 is 0. The van der Waals surface area contributed by atoms with Crippen molar-refractivity contribution in [2.24, 2.45) is 5.92 Å². The minimum absolute atomic E-state index is 0.108. The first-order valence-electron chi connectivity index (χ1n) is 8.09. The Labute approximate surface area is 135 Å². The molecule has 3 rings (SSSR count). The third kappa shape index (κ3) is 3.45. The first kappa shape index (κ1) is 15.7. The largest absolute Gasteiger partial charge is 0.396 e. The summed E-state index contributed by atoms with van der Waals surface area (Å²) in [5, 5.41) is 13.1. The molecular formula is C18H22N2O3. The van der Waals surface area contributed by atoms with Gasteiger partial charge < -0.3 is 14.5 Å². The van der Waals surface area contributed by atoms with E-state index >= 15 is 0 Å². The summed E-state index contributed by atoms with van der Waals surface area (Å²) in [6.45, 7) is 0.244. The van der Waals surface area contributed by atoms with Crippen molar-refractivity contribution >= 4 is 5.91 Å². The van der Waals surface area contributed by atoms with Crippen molar-refractivity contribution in [3.63, 3.8) is 0 Å². The zero-order valence-corrected chi connectivity index (χ0v) is 13.3. The number of carbonyl (C=O) groups is 1. The van der Waals surface area contributed by atoms with Gasteiger partial charge in [0.2, 0.25) is 0 Å². The SMILES string of the molecule is CN(C(=O)c1cc(-c2ccccc2)on1)C1CCC(CO)CC1. The molecule has 2 aromatic rings. The van der Waals surface area contributed by atoms with Crippen LogP contribution < -0.4 is 0 Å². The normalized spacial score (nSPS) is 21.1. The van der Waals surface area contributed by atoms with Crippen molar-refractivity contribution in [3.05, 3.63) is 42.1 Å². The van der Waals surface area contributed by atoms with Gasteiger partial charge in [-0.1, -0.05) is 35.5 Å². The fourth-order valence-electron chi connectivity index (χ4n) is 3.18. The molecule has 1 aliphatic carbocycles. The van der Waals surface area contributed by atoms with Crippen LogP contribution in [0.3, 0.4) is 0 Å². The molecule has 1 fully saturated rings. The van der Waals surface area contributed by atoms with Crippen molar-refractivity contribution in [2.45, 2.75) is 31.7 Å². The highest BCUT2D eigenvalue weighted by atomic mass is 16.5.